The summed E-state index contributed by atoms with van der Waals surface area (Å²) < 4.78 is 10.1. The number of ether oxygens (including phenoxy) is 2. The molecule has 0 aliphatic rings. The summed E-state index contributed by atoms with van der Waals surface area (Å²) in [4.78, 5) is 22.7. The summed E-state index contributed by atoms with van der Waals surface area (Å²) in [6.07, 6.45) is 0.737. The first-order valence-electron chi connectivity index (χ1n) is 6.86. The van der Waals surface area contributed by atoms with Crippen LogP contribution in [-0.2, 0) is 9.47 Å². The summed E-state index contributed by atoms with van der Waals surface area (Å²) in [5.41, 5.74) is 1.27. The number of Topliss-reactive ketones (excluding diaryl/α,β-unsaturated/α-hetero) is 1. The van der Waals surface area contributed by atoms with Crippen LogP contribution in [0.15, 0.2) is 24.3 Å². The molecule has 1 aromatic carbocycles. The highest BCUT2D eigenvalue weighted by Crippen LogP contribution is 2.09. The van der Waals surface area contributed by atoms with Gasteiger partial charge in [0.1, 0.15) is 0 Å². The van der Waals surface area contributed by atoms with Crippen molar-refractivity contribution in [3.05, 3.63) is 29.8 Å². The Balaban J connectivity index is 2.17. The third-order valence-electron chi connectivity index (χ3n) is 2.73. The van der Waals surface area contributed by atoms with Gasteiger partial charge < -0.3 is 20.1 Å². The maximum atomic E-state index is 11.6. The van der Waals surface area contributed by atoms with Crippen molar-refractivity contribution >= 4 is 17.5 Å². The summed E-state index contributed by atoms with van der Waals surface area (Å²) >= 11 is 0. The lowest BCUT2D eigenvalue weighted by Crippen LogP contribution is -2.30. The van der Waals surface area contributed by atoms with E-state index in [1.165, 1.54) is 6.92 Å². The molecule has 2 amide bonds. The second-order valence-corrected chi connectivity index (χ2v) is 4.47. The molecule has 0 saturated carbocycles. The Morgan fingerprint density at radius 2 is 1.81 bits per heavy atom. The Hall–Kier alpha value is -1.92. The fraction of sp³-hybridized carbons (Fsp3) is 0.467. The molecule has 0 fully saturated rings. The number of anilines is 1. The van der Waals surface area contributed by atoms with Gasteiger partial charge in [0, 0.05) is 31.5 Å². The molecule has 116 valence electrons. The normalized spacial score (nSPS) is 10.2. The molecule has 6 nitrogen and oxygen atoms in total. The molecule has 1 aromatic rings. The summed E-state index contributed by atoms with van der Waals surface area (Å²) in [6.45, 7) is 3.75. The van der Waals surface area contributed by atoms with Crippen molar-refractivity contribution in [2.75, 3.05) is 38.8 Å². The predicted molar refractivity (Wildman–Crippen MR) is 80.8 cm³/mol. The quantitative estimate of drug-likeness (QED) is 0.540. The Kier molecular flexibility index (Phi) is 8.08. The third kappa shape index (κ3) is 7.43. The number of ketones is 1. The van der Waals surface area contributed by atoms with Crippen LogP contribution in [-0.4, -0.2) is 45.3 Å². The number of rotatable bonds is 9. The molecule has 0 spiro atoms. The Bertz CT molecular complexity index is 445. The molecule has 21 heavy (non-hydrogen) atoms. The van der Waals surface area contributed by atoms with E-state index >= 15 is 0 Å². The summed E-state index contributed by atoms with van der Waals surface area (Å²) in [5, 5.41) is 5.43. The van der Waals surface area contributed by atoms with E-state index in [9.17, 15) is 9.59 Å². The van der Waals surface area contributed by atoms with Crippen molar-refractivity contribution < 1.29 is 19.1 Å². The van der Waals surface area contributed by atoms with Crippen molar-refractivity contribution in [1.82, 2.24) is 5.32 Å². The molecule has 6 heteroatoms. The second kappa shape index (κ2) is 9.90. The van der Waals surface area contributed by atoms with Gasteiger partial charge in [-0.3, -0.25) is 4.79 Å². The van der Waals surface area contributed by atoms with Gasteiger partial charge in [-0.1, -0.05) is 0 Å². The zero-order valence-corrected chi connectivity index (χ0v) is 12.5. The van der Waals surface area contributed by atoms with Crippen molar-refractivity contribution in [3.63, 3.8) is 0 Å². The molecule has 0 aliphatic heterocycles. The first-order valence-corrected chi connectivity index (χ1v) is 6.86. The van der Waals surface area contributed by atoms with Crippen molar-refractivity contribution in [1.29, 1.82) is 0 Å². The first-order chi connectivity index (χ1) is 10.1. The van der Waals surface area contributed by atoms with Crippen LogP contribution in [0.5, 0.6) is 0 Å². The minimum absolute atomic E-state index is 0.000487. The number of hydrogen-bond acceptors (Lipinski definition) is 4. The smallest absolute Gasteiger partial charge is 0.319 e. The van der Waals surface area contributed by atoms with Gasteiger partial charge >= 0.3 is 6.03 Å². The van der Waals surface area contributed by atoms with Gasteiger partial charge in [-0.25, -0.2) is 4.79 Å². The number of urea groups is 1. The average Bonchev–Trinajstić information content (AvgIpc) is 2.47. The Morgan fingerprint density at radius 3 is 2.43 bits per heavy atom. The van der Waals surface area contributed by atoms with Crippen LogP contribution < -0.4 is 10.6 Å². The summed E-state index contributed by atoms with van der Waals surface area (Å²) in [7, 11) is 1.62. The standard InChI is InChI=1S/C15H22N2O4/c1-12(18)13-4-6-14(7-5-13)17-15(19)16-8-3-9-21-11-10-20-2/h4-7H,3,8-11H2,1-2H3,(H2,16,17,19). The van der Waals surface area contributed by atoms with Crippen molar-refractivity contribution in [3.8, 4) is 0 Å². The van der Waals surface area contributed by atoms with Gasteiger partial charge in [0.15, 0.2) is 5.78 Å². The maximum absolute atomic E-state index is 11.6. The molecular weight excluding hydrogens is 272 g/mol. The molecule has 2 N–H and O–H groups in total. The average molecular weight is 294 g/mol. The largest absolute Gasteiger partial charge is 0.382 e. The molecule has 0 unspecified atom stereocenters. The number of methoxy groups -OCH3 is 1. The molecular formula is C15H22N2O4. The van der Waals surface area contributed by atoms with Crippen LogP contribution in [0.4, 0.5) is 10.5 Å². The number of hydrogen-bond donors (Lipinski definition) is 2. The zero-order chi connectivity index (χ0) is 15.5. The van der Waals surface area contributed by atoms with Crippen LogP contribution in [0.1, 0.15) is 23.7 Å². The summed E-state index contributed by atoms with van der Waals surface area (Å²) in [5.74, 6) is -0.000487. The van der Waals surface area contributed by atoms with Crippen molar-refractivity contribution in [2.24, 2.45) is 0 Å². The topological polar surface area (TPSA) is 76.7 Å². The molecule has 1 rings (SSSR count). The number of nitrogens with one attached hydrogen (secondary N) is 2. The highest BCUT2D eigenvalue weighted by atomic mass is 16.5. The second-order valence-electron chi connectivity index (χ2n) is 4.47. The van der Waals surface area contributed by atoms with E-state index in [1.54, 1.807) is 31.4 Å². The van der Waals surface area contributed by atoms with E-state index in [2.05, 4.69) is 10.6 Å². The molecule has 0 aliphatic carbocycles. The lowest BCUT2D eigenvalue weighted by atomic mass is 10.1. The zero-order valence-electron chi connectivity index (χ0n) is 12.5. The van der Waals surface area contributed by atoms with E-state index < -0.39 is 0 Å². The van der Waals surface area contributed by atoms with Gasteiger partial charge in [0.25, 0.3) is 0 Å². The van der Waals surface area contributed by atoms with Crippen LogP contribution in [0.2, 0.25) is 0 Å². The summed E-state index contributed by atoms with van der Waals surface area (Å²) in [6, 6.07) is 6.49. The number of benzene rings is 1. The lowest BCUT2D eigenvalue weighted by molar-refractivity contribution is 0.0697. The number of amides is 2. The highest BCUT2D eigenvalue weighted by Gasteiger charge is 2.02. The Morgan fingerprint density at radius 1 is 1.10 bits per heavy atom. The lowest BCUT2D eigenvalue weighted by Gasteiger charge is -2.08. The van der Waals surface area contributed by atoms with Crippen LogP contribution in [0.3, 0.4) is 0 Å². The van der Waals surface area contributed by atoms with Gasteiger partial charge in [-0.2, -0.15) is 0 Å². The number of carbonyl (C=O) groups is 2. The SMILES string of the molecule is COCCOCCCNC(=O)Nc1ccc(C(C)=O)cc1. The van der Waals surface area contributed by atoms with Crippen LogP contribution in [0.25, 0.3) is 0 Å². The first kappa shape index (κ1) is 17.1. The molecule has 0 heterocycles. The fourth-order valence-corrected chi connectivity index (χ4v) is 1.58. The van der Waals surface area contributed by atoms with Gasteiger partial charge in [0.05, 0.1) is 13.2 Å². The van der Waals surface area contributed by atoms with Gasteiger partial charge in [-0.15, -0.1) is 0 Å². The molecule has 0 atom stereocenters. The van der Waals surface area contributed by atoms with E-state index in [-0.39, 0.29) is 11.8 Å². The van der Waals surface area contributed by atoms with E-state index in [0.717, 1.165) is 6.42 Å². The minimum Gasteiger partial charge on any atom is -0.382 e. The van der Waals surface area contributed by atoms with Gasteiger partial charge in [0.2, 0.25) is 0 Å². The molecule has 0 aromatic heterocycles. The van der Waals surface area contributed by atoms with E-state index in [4.69, 9.17) is 9.47 Å². The Labute approximate surface area is 124 Å². The van der Waals surface area contributed by atoms with Crippen molar-refractivity contribution in [2.45, 2.75) is 13.3 Å². The van der Waals surface area contributed by atoms with Crippen LogP contribution in [0, 0.1) is 0 Å². The molecule has 0 saturated heterocycles. The van der Waals surface area contributed by atoms with Crippen LogP contribution >= 0.6 is 0 Å². The molecule has 0 bridgehead atoms. The molecule has 0 radical (unpaired) electrons. The monoisotopic (exact) mass is 294 g/mol. The maximum Gasteiger partial charge on any atom is 0.319 e. The van der Waals surface area contributed by atoms with E-state index in [1.807, 2.05) is 0 Å². The predicted octanol–water partition coefficient (Wildman–Crippen LogP) is 2.06. The highest BCUT2D eigenvalue weighted by molar-refractivity contribution is 5.95. The number of carbonyl (C=O) groups excluding carboxylic acids is 2. The third-order valence-corrected chi connectivity index (χ3v) is 2.73. The van der Waals surface area contributed by atoms with Gasteiger partial charge in [-0.05, 0) is 37.6 Å². The minimum atomic E-state index is -0.275. The van der Waals surface area contributed by atoms with E-state index in [0.29, 0.717) is 37.6 Å². The fourth-order valence-electron chi connectivity index (χ4n) is 1.58.